The molecule has 1 aromatic rings. The van der Waals surface area contributed by atoms with E-state index in [-0.39, 0.29) is 10.6 Å². The normalized spacial score (nSPS) is 12.7. The Hall–Kier alpha value is -1.20. The van der Waals surface area contributed by atoms with Crippen LogP contribution in [0.1, 0.15) is 25.0 Å². The Kier molecular flexibility index (Phi) is 5.50. The summed E-state index contributed by atoms with van der Waals surface area (Å²) in [6.45, 7) is 6.12. The van der Waals surface area contributed by atoms with Crippen LogP contribution >= 0.6 is 11.8 Å². The first-order chi connectivity index (χ1) is 8.48. The molecule has 1 rings (SSSR count). The van der Waals surface area contributed by atoms with Gasteiger partial charge in [0, 0.05) is 23.4 Å². The van der Waals surface area contributed by atoms with Gasteiger partial charge < -0.3 is 16.3 Å². The van der Waals surface area contributed by atoms with E-state index >= 15 is 0 Å². The van der Waals surface area contributed by atoms with Crippen molar-refractivity contribution in [2.24, 2.45) is 10.9 Å². The van der Waals surface area contributed by atoms with Crippen LogP contribution in [-0.2, 0) is 6.54 Å². The van der Waals surface area contributed by atoms with E-state index in [0.29, 0.717) is 0 Å². The van der Waals surface area contributed by atoms with E-state index in [1.807, 2.05) is 36.0 Å². The van der Waals surface area contributed by atoms with Crippen LogP contribution < -0.4 is 11.1 Å². The number of nitrogens with one attached hydrogen (secondary N) is 1. The van der Waals surface area contributed by atoms with E-state index < -0.39 is 0 Å². The third kappa shape index (κ3) is 4.58. The molecule has 0 fully saturated rings. The SMILES string of the molecule is CSC(C)(C)CNCc1cccc(/C(N)=N/O)c1. The van der Waals surface area contributed by atoms with Gasteiger partial charge in [0.05, 0.1) is 0 Å². The lowest BCUT2D eigenvalue weighted by molar-refractivity contribution is 0.318. The van der Waals surface area contributed by atoms with Gasteiger partial charge in [0.15, 0.2) is 5.84 Å². The molecule has 0 spiro atoms. The van der Waals surface area contributed by atoms with Gasteiger partial charge in [-0.15, -0.1) is 0 Å². The van der Waals surface area contributed by atoms with E-state index in [9.17, 15) is 0 Å². The molecule has 0 radical (unpaired) electrons. The second-order valence-corrected chi connectivity index (χ2v) is 6.27. The summed E-state index contributed by atoms with van der Waals surface area (Å²) < 4.78 is 0.225. The third-order valence-electron chi connectivity index (χ3n) is 2.76. The van der Waals surface area contributed by atoms with Crippen molar-refractivity contribution >= 4 is 17.6 Å². The first-order valence-corrected chi connectivity index (χ1v) is 7.03. The Bertz CT molecular complexity index is 418. The highest BCUT2D eigenvalue weighted by molar-refractivity contribution is 7.99. The highest BCUT2D eigenvalue weighted by atomic mass is 32.2. The van der Waals surface area contributed by atoms with Crippen molar-refractivity contribution in [3.8, 4) is 0 Å². The third-order valence-corrected chi connectivity index (χ3v) is 4.01. The van der Waals surface area contributed by atoms with E-state index in [0.717, 1.165) is 24.2 Å². The molecule has 0 aromatic heterocycles. The Balaban J connectivity index is 2.58. The molecule has 0 bridgehead atoms. The lowest BCUT2D eigenvalue weighted by Crippen LogP contribution is -2.31. The fourth-order valence-corrected chi connectivity index (χ4v) is 1.72. The molecule has 4 N–H and O–H groups in total. The lowest BCUT2D eigenvalue weighted by Gasteiger charge is -2.22. The maximum Gasteiger partial charge on any atom is 0.170 e. The molecule has 18 heavy (non-hydrogen) atoms. The number of nitrogens with zero attached hydrogens (tertiary/aromatic N) is 1. The summed E-state index contributed by atoms with van der Waals surface area (Å²) in [5.74, 6) is 0.140. The highest BCUT2D eigenvalue weighted by Gasteiger charge is 2.14. The summed E-state index contributed by atoms with van der Waals surface area (Å²) in [6, 6.07) is 7.68. The van der Waals surface area contributed by atoms with Crippen LogP contribution in [-0.4, -0.2) is 28.6 Å². The van der Waals surface area contributed by atoms with E-state index in [4.69, 9.17) is 10.9 Å². The molecule has 0 aliphatic heterocycles. The van der Waals surface area contributed by atoms with Crippen molar-refractivity contribution in [1.29, 1.82) is 0 Å². The van der Waals surface area contributed by atoms with Crippen molar-refractivity contribution in [2.75, 3.05) is 12.8 Å². The van der Waals surface area contributed by atoms with Crippen LogP contribution in [0.3, 0.4) is 0 Å². The van der Waals surface area contributed by atoms with Gasteiger partial charge >= 0.3 is 0 Å². The van der Waals surface area contributed by atoms with E-state index in [1.165, 1.54) is 0 Å². The van der Waals surface area contributed by atoms with Gasteiger partial charge in [-0.2, -0.15) is 11.8 Å². The fraction of sp³-hybridized carbons (Fsp3) is 0.462. The number of oxime groups is 1. The smallest absolute Gasteiger partial charge is 0.170 e. The number of rotatable bonds is 6. The van der Waals surface area contributed by atoms with Crippen LogP contribution in [0.5, 0.6) is 0 Å². The Morgan fingerprint density at radius 1 is 1.50 bits per heavy atom. The highest BCUT2D eigenvalue weighted by Crippen LogP contribution is 2.19. The number of amidine groups is 1. The average Bonchev–Trinajstić information content (AvgIpc) is 2.38. The topological polar surface area (TPSA) is 70.6 Å². The molecule has 0 amide bonds. The van der Waals surface area contributed by atoms with Crippen LogP contribution in [0.4, 0.5) is 0 Å². The van der Waals surface area contributed by atoms with Crippen molar-refractivity contribution < 1.29 is 5.21 Å². The van der Waals surface area contributed by atoms with E-state index in [2.05, 4.69) is 30.6 Å². The Labute approximate surface area is 113 Å². The Morgan fingerprint density at radius 3 is 2.83 bits per heavy atom. The van der Waals surface area contributed by atoms with Crippen molar-refractivity contribution in [3.05, 3.63) is 35.4 Å². The molecular weight excluding hydrogens is 246 g/mol. The summed E-state index contributed by atoms with van der Waals surface area (Å²) >= 11 is 1.84. The zero-order chi connectivity index (χ0) is 13.6. The van der Waals surface area contributed by atoms with Gasteiger partial charge in [-0.1, -0.05) is 23.4 Å². The van der Waals surface area contributed by atoms with Gasteiger partial charge in [0.2, 0.25) is 0 Å². The molecule has 0 saturated carbocycles. The summed E-state index contributed by atoms with van der Waals surface area (Å²) in [6.07, 6.45) is 2.11. The van der Waals surface area contributed by atoms with Gasteiger partial charge in [-0.3, -0.25) is 0 Å². The number of hydrogen-bond donors (Lipinski definition) is 3. The van der Waals surface area contributed by atoms with Crippen LogP contribution in [0.15, 0.2) is 29.4 Å². The standard InChI is InChI=1S/C13H21N3OS/c1-13(2,18-3)9-15-8-10-5-4-6-11(7-10)12(14)16-17/h4-7,15,17H,8-9H2,1-3H3,(H2,14,16). The van der Waals surface area contributed by atoms with Crippen LogP contribution in [0, 0.1) is 0 Å². The minimum Gasteiger partial charge on any atom is -0.409 e. The second kappa shape index (κ2) is 6.66. The Morgan fingerprint density at radius 2 is 2.22 bits per heavy atom. The van der Waals surface area contributed by atoms with Crippen LogP contribution in [0.2, 0.25) is 0 Å². The molecule has 0 unspecified atom stereocenters. The molecule has 4 nitrogen and oxygen atoms in total. The summed E-state index contributed by atoms with van der Waals surface area (Å²) in [5.41, 5.74) is 7.42. The minimum absolute atomic E-state index is 0.140. The summed E-state index contributed by atoms with van der Waals surface area (Å²) in [7, 11) is 0. The summed E-state index contributed by atoms with van der Waals surface area (Å²) in [5, 5.41) is 15.1. The van der Waals surface area contributed by atoms with Crippen molar-refractivity contribution in [2.45, 2.75) is 25.1 Å². The number of nitrogens with two attached hydrogens (primary N) is 1. The van der Waals surface area contributed by atoms with Gasteiger partial charge in [-0.25, -0.2) is 0 Å². The van der Waals surface area contributed by atoms with E-state index in [1.54, 1.807) is 0 Å². The lowest BCUT2D eigenvalue weighted by atomic mass is 10.1. The van der Waals surface area contributed by atoms with Crippen molar-refractivity contribution in [3.63, 3.8) is 0 Å². The first kappa shape index (κ1) is 14.9. The van der Waals surface area contributed by atoms with Gasteiger partial charge in [-0.05, 0) is 31.7 Å². The number of hydrogen-bond acceptors (Lipinski definition) is 4. The number of thioether (sulfide) groups is 1. The van der Waals surface area contributed by atoms with Gasteiger partial charge in [0.25, 0.3) is 0 Å². The molecule has 0 aliphatic rings. The molecule has 100 valence electrons. The maximum atomic E-state index is 8.64. The molecule has 1 aromatic carbocycles. The maximum absolute atomic E-state index is 8.64. The van der Waals surface area contributed by atoms with Crippen LogP contribution in [0.25, 0.3) is 0 Å². The first-order valence-electron chi connectivity index (χ1n) is 5.81. The fourth-order valence-electron chi connectivity index (χ4n) is 1.48. The zero-order valence-corrected chi connectivity index (χ0v) is 11.9. The van der Waals surface area contributed by atoms with Gasteiger partial charge in [0.1, 0.15) is 0 Å². The molecular formula is C13H21N3OS. The molecule has 0 saturated heterocycles. The largest absolute Gasteiger partial charge is 0.409 e. The molecule has 5 heteroatoms. The predicted octanol–water partition coefficient (Wildman–Crippen LogP) is 2.01. The molecule has 0 atom stereocenters. The quantitative estimate of drug-likeness (QED) is 0.319. The number of benzene rings is 1. The monoisotopic (exact) mass is 267 g/mol. The minimum atomic E-state index is 0.140. The predicted molar refractivity (Wildman–Crippen MR) is 78.3 cm³/mol. The molecule has 0 heterocycles. The summed E-state index contributed by atoms with van der Waals surface area (Å²) in [4.78, 5) is 0. The van der Waals surface area contributed by atoms with Crippen molar-refractivity contribution in [1.82, 2.24) is 5.32 Å². The zero-order valence-electron chi connectivity index (χ0n) is 11.1. The average molecular weight is 267 g/mol. The molecule has 0 aliphatic carbocycles. The second-order valence-electron chi connectivity index (χ2n) is 4.75.